The highest BCUT2D eigenvalue weighted by Gasteiger charge is 2.34. The number of hydrogen-bond donors (Lipinski definition) is 2. The third-order valence-corrected chi connectivity index (χ3v) is 5.16. The standard InChI is InChI=1S/C17H32N4O.HI/c1-3-18-16(20-13-17(2)8-4-10-22-17)19-11-14-7-9-21(12-14)15-5-6-15;/h14-15H,3-13H2,1-2H3,(H2,18,19,20);1H. The van der Waals surface area contributed by atoms with Crippen molar-refractivity contribution < 1.29 is 4.74 Å². The van der Waals surface area contributed by atoms with Crippen molar-refractivity contribution in [2.75, 3.05) is 39.3 Å². The Morgan fingerprint density at radius 2 is 2.13 bits per heavy atom. The summed E-state index contributed by atoms with van der Waals surface area (Å²) in [5.74, 6) is 1.71. The predicted octanol–water partition coefficient (Wildman–Crippen LogP) is 2.21. The summed E-state index contributed by atoms with van der Waals surface area (Å²) < 4.78 is 5.82. The first-order valence-corrected chi connectivity index (χ1v) is 9.09. The molecule has 0 spiro atoms. The number of nitrogens with zero attached hydrogens (tertiary/aromatic N) is 2. The van der Waals surface area contributed by atoms with E-state index >= 15 is 0 Å². The monoisotopic (exact) mass is 436 g/mol. The maximum atomic E-state index is 5.82. The van der Waals surface area contributed by atoms with Gasteiger partial charge in [-0.15, -0.1) is 24.0 Å². The van der Waals surface area contributed by atoms with Crippen LogP contribution in [0.4, 0.5) is 0 Å². The maximum Gasteiger partial charge on any atom is 0.191 e. The third kappa shape index (κ3) is 5.74. The largest absolute Gasteiger partial charge is 0.373 e. The Hall–Kier alpha value is -0.0800. The molecule has 2 saturated heterocycles. The molecule has 3 aliphatic rings. The van der Waals surface area contributed by atoms with Crippen LogP contribution in [-0.2, 0) is 4.74 Å². The first kappa shape index (κ1) is 19.2. The molecule has 2 unspecified atom stereocenters. The van der Waals surface area contributed by atoms with Crippen molar-refractivity contribution in [2.45, 2.75) is 57.6 Å². The molecule has 1 aliphatic carbocycles. The zero-order chi connectivity index (χ0) is 15.4. The Morgan fingerprint density at radius 3 is 2.78 bits per heavy atom. The van der Waals surface area contributed by atoms with Crippen LogP contribution in [0.2, 0.25) is 0 Å². The van der Waals surface area contributed by atoms with E-state index in [1.807, 2.05) is 0 Å². The molecule has 6 heteroatoms. The van der Waals surface area contributed by atoms with Gasteiger partial charge in [0.05, 0.1) is 12.1 Å². The molecule has 134 valence electrons. The van der Waals surface area contributed by atoms with Crippen LogP contribution in [-0.4, -0.2) is 61.8 Å². The molecule has 1 saturated carbocycles. The van der Waals surface area contributed by atoms with E-state index < -0.39 is 0 Å². The van der Waals surface area contributed by atoms with E-state index in [0.29, 0.717) is 0 Å². The van der Waals surface area contributed by atoms with E-state index in [1.165, 1.54) is 32.4 Å². The molecular weight excluding hydrogens is 403 g/mol. The number of ether oxygens (including phenoxy) is 1. The molecule has 3 fully saturated rings. The van der Waals surface area contributed by atoms with Crippen molar-refractivity contribution >= 4 is 29.9 Å². The lowest BCUT2D eigenvalue weighted by atomic mass is 10.0. The number of likely N-dealkylation sites (tertiary alicyclic amines) is 1. The minimum absolute atomic E-state index is 0. The number of rotatable bonds is 6. The fraction of sp³-hybridized carbons (Fsp3) is 0.941. The van der Waals surface area contributed by atoms with Gasteiger partial charge in [-0.25, -0.2) is 0 Å². The lowest BCUT2D eigenvalue weighted by molar-refractivity contribution is 0.0283. The van der Waals surface area contributed by atoms with Gasteiger partial charge in [-0.05, 0) is 58.4 Å². The molecule has 2 heterocycles. The second kappa shape index (κ2) is 8.85. The highest BCUT2D eigenvalue weighted by Crippen LogP contribution is 2.31. The van der Waals surface area contributed by atoms with Crippen LogP contribution in [0.5, 0.6) is 0 Å². The molecule has 0 aromatic heterocycles. The molecular formula is C17H33IN4O. The lowest BCUT2D eigenvalue weighted by Crippen LogP contribution is -2.41. The van der Waals surface area contributed by atoms with Crippen molar-refractivity contribution in [3.8, 4) is 0 Å². The van der Waals surface area contributed by atoms with Gasteiger partial charge in [0, 0.05) is 32.3 Å². The Labute approximate surface area is 158 Å². The zero-order valence-electron chi connectivity index (χ0n) is 14.6. The highest BCUT2D eigenvalue weighted by molar-refractivity contribution is 14.0. The normalized spacial score (nSPS) is 31.9. The topological polar surface area (TPSA) is 48.9 Å². The summed E-state index contributed by atoms with van der Waals surface area (Å²) in [7, 11) is 0. The fourth-order valence-corrected chi connectivity index (χ4v) is 3.59. The Bertz CT molecular complexity index is 394. The second-order valence-corrected chi connectivity index (χ2v) is 7.36. The Kier molecular flexibility index (Phi) is 7.41. The van der Waals surface area contributed by atoms with E-state index in [2.05, 4.69) is 29.4 Å². The summed E-state index contributed by atoms with van der Waals surface area (Å²) in [6.07, 6.45) is 6.44. The van der Waals surface area contributed by atoms with E-state index in [-0.39, 0.29) is 29.6 Å². The van der Waals surface area contributed by atoms with Gasteiger partial charge in [0.1, 0.15) is 0 Å². The molecule has 0 bridgehead atoms. The number of nitrogens with one attached hydrogen (secondary N) is 2. The van der Waals surface area contributed by atoms with Crippen LogP contribution in [0.25, 0.3) is 0 Å². The molecule has 3 rings (SSSR count). The van der Waals surface area contributed by atoms with Crippen molar-refractivity contribution in [3.05, 3.63) is 0 Å². The predicted molar refractivity (Wildman–Crippen MR) is 106 cm³/mol. The number of aliphatic imine (C=N–C) groups is 1. The molecule has 2 aliphatic heterocycles. The number of halogens is 1. The fourth-order valence-electron chi connectivity index (χ4n) is 3.59. The molecule has 5 nitrogen and oxygen atoms in total. The van der Waals surface area contributed by atoms with Crippen molar-refractivity contribution in [1.82, 2.24) is 15.5 Å². The lowest BCUT2D eigenvalue weighted by Gasteiger charge is -2.22. The van der Waals surface area contributed by atoms with Crippen LogP contribution in [0.15, 0.2) is 4.99 Å². The third-order valence-electron chi connectivity index (χ3n) is 5.16. The van der Waals surface area contributed by atoms with Crippen LogP contribution >= 0.6 is 24.0 Å². The smallest absolute Gasteiger partial charge is 0.191 e. The molecule has 2 atom stereocenters. The van der Waals surface area contributed by atoms with Crippen LogP contribution in [0.1, 0.15) is 46.0 Å². The average molecular weight is 436 g/mol. The van der Waals surface area contributed by atoms with Crippen molar-refractivity contribution in [2.24, 2.45) is 10.9 Å². The molecule has 0 aromatic rings. The molecule has 0 aromatic carbocycles. The van der Waals surface area contributed by atoms with Gasteiger partial charge >= 0.3 is 0 Å². The molecule has 23 heavy (non-hydrogen) atoms. The molecule has 0 amide bonds. The van der Waals surface area contributed by atoms with Gasteiger partial charge in [-0.1, -0.05) is 0 Å². The molecule has 0 radical (unpaired) electrons. The first-order valence-electron chi connectivity index (χ1n) is 9.09. The number of hydrogen-bond acceptors (Lipinski definition) is 3. The summed E-state index contributed by atoms with van der Waals surface area (Å²) in [6, 6.07) is 0.909. The van der Waals surface area contributed by atoms with Gasteiger partial charge in [-0.2, -0.15) is 0 Å². The van der Waals surface area contributed by atoms with E-state index in [1.54, 1.807) is 0 Å². The molecule has 2 N–H and O–H groups in total. The minimum Gasteiger partial charge on any atom is -0.373 e. The van der Waals surface area contributed by atoms with Crippen LogP contribution in [0, 0.1) is 5.92 Å². The summed E-state index contributed by atoms with van der Waals surface area (Å²) in [6.45, 7) is 10.4. The zero-order valence-corrected chi connectivity index (χ0v) is 17.0. The van der Waals surface area contributed by atoms with Crippen LogP contribution < -0.4 is 10.6 Å². The van der Waals surface area contributed by atoms with E-state index in [9.17, 15) is 0 Å². The Balaban J connectivity index is 0.00000192. The highest BCUT2D eigenvalue weighted by atomic mass is 127. The Morgan fingerprint density at radius 1 is 1.30 bits per heavy atom. The van der Waals surface area contributed by atoms with Gasteiger partial charge in [0.15, 0.2) is 5.96 Å². The van der Waals surface area contributed by atoms with Gasteiger partial charge in [-0.3, -0.25) is 4.99 Å². The van der Waals surface area contributed by atoms with Gasteiger partial charge in [0.25, 0.3) is 0 Å². The maximum absolute atomic E-state index is 5.82. The summed E-state index contributed by atoms with van der Waals surface area (Å²) in [4.78, 5) is 7.42. The summed E-state index contributed by atoms with van der Waals surface area (Å²) in [5.41, 5.74) is -0.0571. The van der Waals surface area contributed by atoms with Gasteiger partial charge < -0.3 is 20.3 Å². The SMILES string of the molecule is CCNC(=NCC1(C)CCCO1)NCC1CCN(C2CC2)C1.I. The van der Waals surface area contributed by atoms with Gasteiger partial charge in [0.2, 0.25) is 0 Å². The first-order chi connectivity index (χ1) is 10.7. The minimum atomic E-state index is -0.0571. The van der Waals surface area contributed by atoms with Crippen molar-refractivity contribution in [3.63, 3.8) is 0 Å². The summed E-state index contributed by atoms with van der Waals surface area (Å²) in [5, 5.41) is 6.90. The number of guanidine groups is 1. The average Bonchev–Trinajstić information content (AvgIpc) is 3.10. The van der Waals surface area contributed by atoms with Crippen molar-refractivity contribution in [1.29, 1.82) is 0 Å². The summed E-state index contributed by atoms with van der Waals surface area (Å²) >= 11 is 0. The van der Waals surface area contributed by atoms with Crippen LogP contribution in [0.3, 0.4) is 0 Å². The second-order valence-electron chi connectivity index (χ2n) is 7.36. The van der Waals surface area contributed by atoms with E-state index in [0.717, 1.165) is 57.0 Å². The van der Waals surface area contributed by atoms with E-state index in [4.69, 9.17) is 9.73 Å². The quantitative estimate of drug-likeness (QED) is 0.381.